The Hall–Kier alpha value is -2.03. The molecule has 0 aliphatic heterocycles. The third kappa shape index (κ3) is 4.97. The maximum Gasteiger partial charge on any atom is 0.324 e. The van der Waals surface area contributed by atoms with Crippen molar-refractivity contribution in [2.45, 2.75) is 17.4 Å². The van der Waals surface area contributed by atoms with Crippen LogP contribution in [0.3, 0.4) is 0 Å². The van der Waals surface area contributed by atoms with Crippen LogP contribution < -0.4 is 4.72 Å². The second-order valence-electron chi connectivity index (χ2n) is 5.10. The number of carbonyl (C=O) groups excluding carboxylic acids is 1. The fourth-order valence-electron chi connectivity index (χ4n) is 2.07. The van der Waals surface area contributed by atoms with Crippen molar-refractivity contribution in [2.24, 2.45) is 0 Å². The molecule has 25 heavy (non-hydrogen) atoms. The number of rotatable bonds is 6. The normalized spacial score (nSPS) is 12.6. The van der Waals surface area contributed by atoms with Crippen LogP contribution >= 0.6 is 11.6 Å². The number of benzene rings is 2. The van der Waals surface area contributed by atoms with Crippen molar-refractivity contribution < 1.29 is 26.7 Å². The lowest BCUT2D eigenvalue weighted by atomic mass is 10.1. The van der Waals surface area contributed by atoms with E-state index in [1.807, 2.05) is 0 Å². The third-order valence-electron chi connectivity index (χ3n) is 3.34. The van der Waals surface area contributed by atoms with Crippen LogP contribution in [-0.2, 0) is 26.0 Å². The molecule has 0 fully saturated rings. The summed E-state index contributed by atoms with van der Waals surface area (Å²) in [5.74, 6) is -2.04. The predicted octanol–water partition coefficient (Wildman–Crippen LogP) is 2.68. The van der Waals surface area contributed by atoms with Gasteiger partial charge in [0.15, 0.2) is 0 Å². The summed E-state index contributed by atoms with van der Waals surface area (Å²) in [6, 6.07) is 6.85. The molecule has 0 saturated heterocycles. The molecule has 9 heteroatoms. The van der Waals surface area contributed by atoms with Crippen molar-refractivity contribution in [2.75, 3.05) is 7.11 Å². The Morgan fingerprint density at radius 3 is 2.40 bits per heavy atom. The van der Waals surface area contributed by atoms with Gasteiger partial charge in [0, 0.05) is 0 Å². The van der Waals surface area contributed by atoms with E-state index in [1.165, 1.54) is 24.3 Å². The Kier molecular flexibility index (Phi) is 6.10. The van der Waals surface area contributed by atoms with Crippen molar-refractivity contribution in [3.63, 3.8) is 0 Å². The van der Waals surface area contributed by atoms with Crippen LogP contribution in [0.1, 0.15) is 5.56 Å². The van der Waals surface area contributed by atoms with Crippen LogP contribution in [-0.4, -0.2) is 27.5 Å². The fourth-order valence-corrected chi connectivity index (χ4v) is 3.53. The molecule has 0 saturated carbocycles. The molecule has 0 bridgehead atoms. The van der Waals surface area contributed by atoms with Gasteiger partial charge < -0.3 is 4.74 Å². The van der Waals surface area contributed by atoms with Crippen molar-refractivity contribution in [3.05, 3.63) is 64.7 Å². The topological polar surface area (TPSA) is 72.5 Å². The van der Waals surface area contributed by atoms with Crippen LogP contribution in [0.4, 0.5) is 8.78 Å². The maximum atomic E-state index is 13.2. The summed E-state index contributed by atoms with van der Waals surface area (Å²) in [7, 11) is -3.04. The van der Waals surface area contributed by atoms with Crippen LogP contribution in [0.15, 0.2) is 47.4 Å². The predicted molar refractivity (Wildman–Crippen MR) is 87.6 cm³/mol. The molecule has 2 rings (SSSR count). The first kappa shape index (κ1) is 19.3. The summed E-state index contributed by atoms with van der Waals surface area (Å²) in [4.78, 5) is 11.6. The van der Waals surface area contributed by atoms with E-state index in [9.17, 15) is 22.0 Å². The van der Waals surface area contributed by atoms with Crippen molar-refractivity contribution >= 4 is 27.6 Å². The van der Waals surface area contributed by atoms with E-state index < -0.39 is 33.7 Å². The minimum absolute atomic E-state index is 0.0545. The van der Waals surface area contributed by atoms with Gasteiger partial charge in [0.25, 0.3) is 0 Å². The summed E-state index contributed by atoms with van der Waals surface area (Å²) in [5, 5.41) is -0.365. The number of hydrogen-bond acceptors (Lipinski definition) is 4. The second-order valence-corrected chi connectivity index (χ2v) is 7.22. The summed E-state index contributed by atoms with van der Waals surface area (Å²) in [6.07, 6.45) is -0.0545. The lowest BCUT2D eigenvalue weighted by molar-refractivity contribution is -0.142. The molecule has 134 valence electrons. The zero-order chi connectivity index (χ0) is 18.6. The van der Waals surface area contributed by atoms with E-state index in [1.54, 1.807) is 0 Å². The Balaban J connectivity index is 2.27. The number of sulfonamides is 1. The van der Waals surface area contributed by atoms with E-state index in [0.717, 1.165) is 25.3 Å². The molecule has 0 aliphatic carbocycles. The Bertz CT molecular complexity index is 872. The highest BCUT2D eigenvalue weighted by Gasteiger charge is 2.27. The Morgan fingerprint density at radius 1 is 1.20 bits per heavy atom. The second kappa shape index (κ2) is 7.90. The first-order chi connectivity index (χ1) is 11.7. The fraction of sp³-hybridized carbons (Fsp3) is 0.188. The molecule has 1 unspecified atom stereocenters. The molecule has 0 radical (unpaired) electrons. The molecule has 2 aromatic carbocycles. The number of carbonyl (C=O) groups is 1. The monoisotopic (exact) mass is 389 g/mol. The van der Waals surface area contributed by atoms with Gasteiger partial charge in [-0.2, -0.15) is 4.72 Å². The molecular weight excluding hydrogens is 376 g/mol. The summed E-state index contributed by atoms with van der Waals surface area (Å²) >= 11 is 5.60. The van der Waals surface area contributed by atoms with Crippen molar-refractivity contribution in [3.8, 4) is 0 Å². The minimum Gasteiger partial charge on any atom is -0.468 e. The van der Waals surface area contributed by atoms with E-state index in [2.05, 4.69) is 9.46 Å². The number of hydrogen-bond donors (Lipinski definition) is 1. The quantitative estimate of drug-likeness (QED) is 0.771. The van der Waals surface area contributed by atoms with Gasteiger partial charge in [-0.15, -0.1) is 0 Å². The molecular formula is C16H14ClF2NO4S. The third-order valence-corrected chi connectivity index (χ3v) is 5.10. The van der Waals surface area contributed by atoms with E-state index in [4.69, 9.17) is 11.6 Å². The lowest BCUT2D eigenvalue weighted by Crippen LogP contribution is -2.43. The highest BCUT2D eigenvalue weighted by molar-refractivity contribution is 7.89. The van der Waals surface area contributed by atoms with Crippen molar-refractivity contribution in [1.29, 1.82) is 0 Å². The molecule has 0 aliphatic rings. The van der Waals surface area contributed by atoms with E-state index in [-0.39, 0.29) is 16.3 Å². The van der Waals surface area contributed by atoms with Crippen molar-refractivity contribution in [1.82, 2.24) is 4.72 Å². The molecule has 0 spiro atoms. The van der Waals surface area contributed by atoms with Crippen LogP contribution in [0, 0.1) is 11.6 Å². The number of esters is 1. The molecule has 0 amide bonds. The highest BCUT2D eigenvalue weighted by atomic mass is 35.5. The van der Waals surface area contributed by atoms with Gasteiger partial charge in [-0.05, 0) is 42.3 Å². The van der Waals surface area contributed by atoms with Gasteiger partial charge in [-0.25, -0.2) is 17.2 Å². The van der Waals surface area contributed by atoms with Gasteiger partial charge in [-0.1, -0.05) is 23.7 Å². The molecule has 1 atom stereocenters. The first-order valence-electron chi connectivity index (χ1n) is 7.02. The molecule has 1 N–H and O–H groups in total. The standard InChI is InChI=1S/C16H14ClF2NO4S/c1-24-16(21)15(8-10-2-4-11(18)5-3-10)20-25(22,23)12-6-7-14(19)13(17)9-12/h2-7,9,15,20H,8H2,1H3. The Labute approximate surface area is 148 Å². The van der Waals surface area contributed by atoms with Gasteiger partial charge in [0.1, 0.15) is 17.7 Å². The maximum absolute atomic E-state index is 13.2. The summed E-state index contributed by atoms with van der Waals surface area (Å²) < 4.78 is 57.8. The highest BCUT2D eigenvalue weighted by Crippen LogP contribution is 2.20. The number of halogens is 3. The molecule has 0 aromatic heterocycles. The molecule has 5 nitrogen and oxygen atoms in total. The Morgan fingerprint density at radius 2 is 1.84 bits per heavy atom. The lowest BCUT2D eigenvalue weighted by Gasteiger charge is -2.17. The average Bonchev–Trinajstić information content (AvgIpc) is 2.57. The summed E-state index contributed by atoms with van der Waals surface area (Å²) in [5.41, 5.74) is 0.525. The first-order valence-corrected chi connectivity index (χ1v) is 8.88. The van der Waals surface area contributed by atoms with Crippen LogP contribution in [0.2, 0.25) is 5.02 Å². The van der Waals surface area contributed by atoms with Gasteiger partial charge in [0.2, 0.25) is 10.0 Å². The smallest absolute Gasteiger partial charge is 0.324 e. The van der Waals surface area contributed by atoms with E-state index in [0.29, 0.717) is 5.56 Å². The molecule has 0 heterocycles. The van der Waals surface area contributed by atoms with Gasteiger partial charge in [0.05, 0.1) is 17.0 Å². The number of nitrogens with one attached hydrogen (secondary N) is 1. The largest absolute Gasteiger partial charge is 0.468 e. The SMILES string of the molecule is COC(=O)C(Cc1ccc(F)cc1)NS(=O)(=O)c1ccc(F)c(Cl)c1. The zero-order valence-corrected chi connectivity index (χ0v) is 14.6. The summed E-state index contributed by atoms with van der Waals surface area (Å²) in [6.45, 7) is 0. The van der Waals surface area contributed by atoms with Gasteiger partial charge in [-0.3, -0.25) is 4.79 Å². The van der Waals surface area contributed by atoms with Gasteiger partial charge >= 0.3 is 5.97 Å². The van der Waals surface area contributed by atoms with E-state index >= 15 is 0 Å². The number of ether oxygens (including phenoxy) is 1. The van der Waals surface area contributed by atoms with Crippen LogP contribution in [0.25, 0.3) is 0 Å². The average molecular weight is 390 g/mol. The molecule has 2 aromatic rings. The zero-order valence-electron chi connectivity index (χ0n) is 13.0. The minimum atomic E-state index is -4.16. The van der Waals surface area contributed by atoms with Crippen LogP contribution in [0.5, 0.6) is 0 Å². The number of methoxy groups -OCH3 is 1.